The van der Waals surface area contributed by atoms with Crippen LogP contribution in [0.2, 0.25) is 0 Å². The highest BCUT2D eigenvalue weighted by atomic mass is 16.3. The molecule has 0 aliphatic rings. The van der Waals surface area contributed by atoms with Gasteiger partial charge in [-0.15, -0.1) is 0 Å². The minimum atomic E-state index is -0.235. The highest BCUT2D eigenvalue weighted by molar-refractivity contribution is 5.98. The second-order valence-corrected chi connectivity index (χ2v) is 1.71. The molecule has 3 nitrogen and oxygen atoms in total. The minimum Gasteiger partial charge on any atom is -0.470 e. The van der Waals surface area contributed by atoms with Crippen LogP contribution in [0.5, 0.6) is 0 Å². The molecule has 10 heavy (non-hydrogen) atoms. The van der Waals surface area contributed by atoms with Crippen LogP contribution < -0.4 is 5.32 Å². The number of anilines is 1. The van der Waals surface area contributed by atoms with Crippen LogP contribution in [-0.4, -0.2) is 5.91 Å². The highest BCUT2D eigenvalue weighted by Crippen LogP contribution is 2.05. The number of amides is 1. The topological polar surface area (TPSA) is 42.2 Å². The first kappa shape index (κ1) is 6.61. The Bertz CT molecular complexity index is 226. The van der Waals surface area contributed by atoms with E-state index in [9.17, 15) is 4.79 Å². The minimum absolute atomic E-state index is 0.235. The SMILES string of the molecule is C=CC(=O)Nc1ccoc1. The van der Waals surface area contributed by atoms with Gasteiger partial charge in [0, 0.05) is 0 Å². The molecule has 1 heterocycles. The number of carbonyl (C=O) groups excluding carboxylic acids is 1. The zero-order valence-corrected chi connectivity index (χ0v) is 5.33. The summed E-state index contributed by atoms with van der Waals surface area (Å²) in [5, 5.41) is 2.52. The molecule has 0 aromatic carbocycles. The van der Waals surface area contributed by atoms with Crippen molar-refractivity contribution in [3.63, 3.8) is 0 Å². The third kappa shape index (κ3) is 1.48. The van der Waals surface area contributed by atoms with E-state index in [-0.39, 0.29) is 5.91 Å². The lowest BCUT2D eigenvalue weighted by molar-refractivity contribution is -0.111. The molecule has 1 N–H and O–H groups in total. The van der Waals surface area contributed by atoms with Crippen molar-refractivity contribution in [2.75, 3.05) is 5.32 Å². The smallest absolute Gasteiger partial charge is 0.247 e. The van der Waals surface area contributed by atoms with E-state index in [4.69, 9.17) is 4.42 Å². The molecule has 1 amide bonds. The first-order valence-corrected chi connectivity index (χ1v) is 2.78. The quantitative estimate of drug-likeness (QED) is 0.626. The summed E-state index contributed by atoms with van der Waals surface area (Å²) in [5.74, 6) is -0.235. The zero-order valence-electron chi connectivity index (χ0n) is 5.33. The Morgan fingerprint density at radius 3 is 3.10 bits per heavy atom. The highest BCUT2D eigenvalue weighted by Gasteiger charge is 1.95. The third-order valence-corrected chi connectivity index (χ3v) is 0.974. The van der Waals surface area contributed by atoms with Gasteiger partial charge in [-0.25, -0.2) is 0 Å². The molecule has 0 fully saturated rings. The maximum atomic E-state index is 10.6. The lowest BCUT2D eigenvalue weighted by atomic mass is 10.5. The molecule has 0 spiro atoms. The van der Waals surface area contributed by atoms with E-state index in [1.807, 2.05) is 0 Å². The molecule has 3 heteroatoms. The molecule has 0 saturated carbocycles. The van der Waals surface area contributed by atoms with Gasteiger partial charge in [-0.1, -0.05) is 6.58 Å². The Kier molecular flexibility index (Phi) is 1.89. The van der Waals surface area contributed by atoms with Gasteiger partial charge < -0.3 is 9.73 Å². The van der Waals surface area contributed by atoms with Crippen LogP contribution in [0.1, 0.15) is 0 Å². The van der Waals surface area contributed by atoms with E-state index in [1.54, 1.807) is 6.07 Å². The monoisotopic (exact) mass is 137 g/mol. The molecule has 0 unspecified atom stereocenters. The van der Waals surface area contributed by atoms with E-state index >= 15 is 0 Å². The largest absolute Gasteiger partial charge is 0.470 e. The molecule has 0 radical (unpaired) electrons. The lowest BCUT2D eigenvalue weighted by Crippen LogP contribution is -2.05. The summed E-state index contributed by atoms with van der Waals surface area (Å²) >= 11 is 0. The van der Waals surface area contributed by atoms with Crippen molar-refractivity contribution in [3.05, 3.63) is 31.2 Å². The number of carbonyl (C=O) groups is 1. The summed E-state index contributed by atoms with van der Waals surface area (Å²) in [5.41, 5.74) is 0.643. The van der Waals surface area contributed by atoms with Gasteiger partial charge in [-0.05, 0) is 12.1 Å². The van der Waals surface area contributed by atoms with Gasteiger partial charge in [-0.3, -0.25) is 4.79 Å². The fourth-order valence-corrected chi connectivity index (χ4v) is 0.529. The molecule has 1 rings (SSSR count). The summed E-state index contributed by atoms with van der Waals surface area (Å²) in [6.07, 6.45) is 4.13. The molecule has 0 atom stereocenters. The summed E-state index contributed by atoms with van der Waals surface area (Å²) < 4.78 is 4.71. The van der Waals surface area contributed by atoms with E-state index in [0.717, 1.165) is 0 Å². The summed E-state index contributed by atoms with van der Waals surface area (Å²) in [6.45, 7) is 3.30. The van der Waals surface area contributed by atoms with Crippen molar-refractivity contribution in [2.24, 2.45) is 0 Å². The summed E-state index contributed by atoms with van der Waals surface area (Å²) in [6, 6.07) is 1.65. The number of hydrogen-bond donors (Lipinski definition) is 1. The Hall–Kier alpha value is -1.51. The van der Waals surface area contributed by atoms with Crippen LogP contribution in [-0.2, 0) is 4.79 Å². The van der Waals surface area contributed by atoms with Gasteiger partial charge in [0.25, 0.3) is 0 Å². The summed E-state index contributed by atoms with van der Waals surface area (Å²) in [4.78, 5) is 10.6. The van der Waals surface area contributed by atoms with E-state index in [0.29, 0.717) is 5.69 Å². The van der Waals surface area contributed by atoms with Gasteiger partial charge >= 0.3 is 0 Å². The van der Waals surface area contributed by atoms with Crippen molar-refractivity contribution >= 4 is 11.6 Å². The van der Waals surface area contributed by atoms with Crippen molar-refractivity contribution < 1.29 is 9.21 Å². The fraction of sp³-hybridized carbons (Fsp3) is 0. The first-order valence-electron chi connectivity index (χ1n) is 2.78. The van der Waals surface area contributed by atoms with Crippen LogP contribution in [0.4, 0.5) is 5.69 Å². The maximum absolute atomic E-state index is 10.6. The van der Waals surface area contributed by atoms with Gasteiger partial charge in [0.1, 0.15) is 6.26 Å². The number of furan rings is 1. The van der Waals surface area contributed by atoms with Crippen molar-refractivity contribution in [1.82, 2.24) is 0 Å². The van der Waals surface area contributed by atoms with E-state index < -0.39 is 0 Å². The molecule has 52 valence electrons. The molecule has 0 aliphatic carbocycles. The molecule has 1 aromatic heterocycles. The fourth-order valence-electron chi connectivity index (χ4n) is 0.529. The number of hydrogen-bond acceptors (Lipinski definition) is 2. The van der Waals surface area contributed by atoms with Crippen LogP contribution in [0.3, 0.4) is 0 Å². The summed E-state index contributed by atoms with van der Waals surface area (Å²) in [7, 11) is 0. The molecular weight excluding hydrogens is 130 g/mol. The Morgan fingerprint density at radius 1 is 1.80 bits per heavy atom. The second-order valence-electron chi connectivity index (χ2n) is 1.71. The Morgan fingerprint density at radius 2 is 2.60 bits per heavy atom. The molecule has 1 aromatic rings. The van der Waals surface area contributed by atoms with E-state index in [1.165, 1.54) is 18.6 Å². The van der Waals surface area contributed by atoms with Crippen molar-refractivity contribution in [1.29, 1.82) is 0 Å². The first-order chi connectivity index (χ1) is 4.83. The molecule has 0 aliphatic heterocycles. The normalized spacial score (nSPS) is 8.80. The Balaban J connectivity index is 2.56. The van der Waals surface area contributed by atoms with Crippen molar-refractivity contribution in [2.45, 2.75) is 0 Å². The van der Waals surface area contributed by atoms with Gasteiger partial charge in [0.2, 0.25) is 5.91 Å². The number of nitrogens with one attached hydrogen (secondary N) is 1. The average Bonchev–Trinajstić information content (AvgIpc) is 2.40. The maximum Gasteiger partial charge on any atom is 0.247 e. The molecule has 0 saturated heterocycles. The van der Waals surface area contributed by atoms with Crippen LogP contribution in [0.15, 0.2) is 35.7 Å². The third-order valence-electron chi connectivity index (χ3n) is 0.974. The van der Waals surface area contributed by atoms with Crippen molar-refractivity contribution in [3.8, 4) is 0 Å². The molecule has 0 bridgehead atoms. The average molecular weight is 137 g/mol. The van der Waals surface area contributed by atoms with E-state index in [2.05, 4.69) is 11.9 Å². The van der Waals surface area contributed by atoms with Crippen LogP contribution >= 0.6 is 0 Å². The predicted molar refractivity (Wildman–Crippen MR) is 37.5 cm³/mol. The standard InChI is InChI=1S/C7H7NO2/c1-2-7(9)8-6-3-4-10-5-6/h2-5H,1H2,(H,8,9). The Labute approximate surface area is 58.3 Å². The molecular formula is C7H7NO2. The van der Waals surface area contributed by atoms with Gasteiger partial charge in [0.05, 0.1) is 12.0 Å². The van der Waals surface area contributed by atoms with Gasteiger partial charge in [0.15, 0.2) is 0 Å². The lowest BCUT2D eigenvalue weighted by Gasteiger charge is -1.92. The zero-order chi connectivity index (χ0) is 7.40. The predicted octanol–water partition coefficient (Wildman–Crippen LogP) is 1.40. The second kappa shape index (κ2) is 2.87. The van der Waals surface area contributed by atoms with Gasteiger partial charge in [-0.2, -0.15) is 0 Å². The number of rotatable bonds is 2. The van der Waals surface area contributed by atoms with Crippen LogP contribution in [0.25, 0.3) is 0 Å². The van der Waals surface area contributed by atoms with Crippen LogP contribution in [0, 0.1) is 0 Å².